The molecule has 0 spiro atoms. The van der Waals surface area contributed by atoms with E-state index in [0.29, 0.717) is 5.75 Å². The zero-order valence-corrected chi connectivity index (χ0v) is 15.8. The van der Waals surface area contributed by atoms with Crippen molar-refractivity contribution < 1.29 is 17.9 Å². The average molecular weight is 403 g/mol. The Hall–Kier alpha value is -1.96. The van der Waals surface area contributed by atoms with Crippen molar-refractivity contribution in [3.63, 3.8) is 0 Å². The van der Waals surface area contributed by atoms with Crippen LogP contribution in [0.5, 0.6) is 5.75 Å². The van der Waals surface area contributed by atoms with E-state index in [1.54, 1.807) is 42.5 Å². The smallest absolute Gasteiger partial charge is 0.245 e. The number of rotatable bonds is 6. The highest BCUT2D eigenvalue weighted by atomic mass is 35.5. The number of benzene rings is 2. The highest BCUT2D eigenvalue weighted by molar-refractivity contribution is 7.92. The maximum absolute atomic E-state index is 12.4. The number of methoxy groups -OCH3 is 1. The molecule has 1 amide bonds. The van der Waals surface area contributed by atoms with Gasteiger partial charge in [-0.15, -0.1) is 0 Å². The SMILES string of the molecule is COc1ccccc1N(CC(=O)Nc1c(Cl)cccc1Cl)S(C)(=O)=O. The maximum Gasteiger partial charge on any atom is 0.245 e. The Labute approximate surface area is 156 Å². The molecule has 9 heteroatoms. The molecule has 2 aromatic carbocycles. The van der Waals surface area contributed by atoms with Crippen molar-refractivity contribution in [3.05, 3.63) is 52.5 Å². The molecule has 2 aromatic rings. The number of ether oxygens (including phenoxy) is 1. The molecule has 134 valence electrons. The fourth-order valence-electron chi connectivity index (χ4n) is 2.14. The first-order valence-electron chi connectivity index (χ1n) is 7.08. The lowest BCUT2D eigenvalue weighted by atomic mass is 10.3. The number of amides is 1. The Morgan fingerprint density at radius 3 is 2.28 bits per heavy atom. The molecule has 25 heavy (non-hydrogen) atoms. The zero-order valence-electron chi connectivity index (χ0n) is 13.5. The molecule has 0 aliphatic heterocycles. The minimum Gasteiger partial charge on any atom is -0.495 e. The van der Waals surface area contributed by atoms with E-state index in [-0.39, 0.29) is 21.4 Å². The predicted octanol–water partition coefficient (Wildman–Crippen LogP) is 3.41. The summed E-state index contributed by atoms with van der Waals surface area (Å²) < 4.78 is 30.4. The number of carbonyl (C=O) groups is 1. The predicted molar refractivity (Wildman–Crippen MR) is 100 cm³/mol. The van der Waals surface area contributed by atoms with Gasteiger partial charge in [0, 0.05) is 0 Å². The van der Waals surface area contributed by atoms with Crippen LogP contribution in [0.2, 0.25) is 10.0 Å². The normalized spacial score (nSPS) is 11.0. The van der Waals surface area contributed by atoms with Gasteiger partial charge in [0.05, 0.1) is 34.8 Å². The van der Waals surface area contributed by atoms with Gasteiger partial charge in [0.25, 0.3) is 0 Å². The van der Waals surface area contributed by atoms with E-state index in [2.05, 4.69) is 5.32 Å². The van der Waals surface area contributed by atoms with Crippen molar-refractivity contribution in [2.24, 2.45) is 0 Å². The van der Waals surface area contributed by atoms with Gasteiger partial charge in [0.15, 0.2) is 0 Å². The topological polar surface area (TPSA) is 75.7 Å². The fourth-order valence-corrected chi connectivity index (χ4v) is 3.50. The molecule has 0 radical (unpaired) electrons. The Morgan fingerprint density at radius 2 is 1.72 bits per heavy atom. The summed E-state index contributed by atoms with van der Waals surface area (Å²) in [6.45, 7) is -0.458. The lowest BCUT2D eigenvalue weighted by Gasteiger charge is -2.23. The molecule has 6 nitrogen and oxygen atoms in total. The standard InChI is InChI=1S/C16H16Cl2N2O4S/c1-24-14-9-4-3-8-13(14)20(25(2,22)23)10-15(21)19-16-11(17)6-5-7-12(16)18/h3-9H,10H2,1-2H3,(H,19,21). The molecule has 0 aliphatic rings. The second kappa shape index (κ2) is 7.95. The number of para-hydroxylation sites is 3. The van der Waals surface area contributed by atoms with Gasteiger partial charge in [0.1, 0.15) is 12.3 Å². The van der Waals surface area contributed by atoms with E-state index in [4.69, 9.17) is 27.9 Å². The molecule has 0 fully saturated rings. The van der Waals surface area contributed by atoms with E-state index in [0.717, 1.165) is 10.6 Å². The van der Waals surface area contributed by atoms with Gasteiger partial charge in [-0.25, -0.2) is 8.42 Å². The van der Waals surface area contributed by atoms with E-state index in [1.165, 1.54) is 7.11 Å². The third-order valence-electron chi connectivity index (χ3n) is 3.27. The number of anilines is 2. The molecule has 0 atom stereocenters. The highest BCUT2D eigenvalue weighted by Gasteiger charge is 2.24. The quantitative estimate of drug-likeness (QED) is 0.802. The molecule has 0 aromatic heterocycles. The second-order valence-corrected chi connectivity index (χ2v) is 7.81. The van der Waals surface area contributed by atoms with E-state index in [1.807, 2.05) is 0 Å². The van der Waals surface area contributed by atoms with E-state index in [9.17, 15) is 13.2 Å². The molecule has 1 N–H and O–H groups in total. The van der Waals surface area contributed by atoms with Crippen molar-refractivity contribution in [2.75, 3.05) is 29.5 Å². The molecule has 2 rings (SSSR count). The minimum atomic E-state index is -3.73. The van der Waals surface area contributed by atoms with Crippen molar-refractivity contribution in [1.29, 1.82) is 0 Å². The van der Waals surface area contributed by atoms with Crippen LogP contribution in [0.4, 0.5) is 11.4 Å². The van der Waals surface area contributed by atoms with Crippen LogP contribution in [0.15, 0.2) is 42.5 Å². The molecular formula is C16H16Cl2N2O4S. The number of sulfonamides is 1. The molecular weight excluding hydrogens is 387 g/mol. The monoisotopic (exact) mass is 402 g/mol. The Morgan fingerprint density at radius 1 is 1.12 bits per heavy atom. The Balaban J connectivity index is 2.31. The zero-order chi connectivity index (χ0) is 18.6. The molecule has 0 unspecified atom stereocenters. The van der Waals surface area contributed by atoms with Gasteiger partial charge < -0.3 is 10.1 Å². The molecule has 0 saturated carbocycles. The number of nitrogens with zero attached hydrogens (tertiary/aromatic N) is 1. The first-order valence-corrected chi connectivity index (χ1v) is 9.69. The summed E-state index contributed by atoms with van der Waals surface area (Å²) in [5.41, 5.74) is 0.484. The summed E-state index contributed by atoms with van der Waals surface area (Å²) in [6, 6.07) is 11.3. The average Bonchev–Trinajstić information content (AvgIpc) is 2.55. The van der Waals surface area contributed by atoms with Crippen LogP contribution in [-0.4, -0.2) is 34.2 Å². The third kappa shape index (κ3) is 4.78. The second-order valence-electron chi connectivity index (χ2n) is 5.09. The van der Waals surface area contributed by atoms with Crippen LogP contribution in [-0.2, 0) is 14.8 Å². The van der Waals surface area contributed by atoms with Crippen LogP contribution in [0, 0.1) is 0 Å². The van der Waals surface area contributed by atoms with Crippen LogP contribution >= 0.6 is 23.2 Å². The lowest BCUT2D eigenvalue weighted by molar-refractivity contribution is -0.114. The number of hydrogen-bond donors (Lipinski definition) is 1. The van der Waals surface area contributed by atoms with Crippen molar-refractivity contribution >= 4 is 50.5 Å². The van der Waals surface area contributed by atoms with Crippen LogP contribution in [0.1, 0.15) is 0 Å². The molecule has 0 heterocycles. The van der Waals surface area contributed by atoms with Crippen LogP contribution in [0.25, 0.3) is 0 Å². The third-order valence-corrected chi connectivity index (χ3v) is 5.02. The molecule has 0 saturated heterocycles. The van der Waals surface area contributed by atoms with Gasteiger partial charge in [-0.2, -0.15) is 0 Å². The molecule has 0 bridgehead atoms. The van der Waals surface area contributed by atoms with Crippen LogP contribution in [0.3, 0.4) is 0 Å². The summed E-state index contributed by atoms with van der Waals surface area (Å²) in [5, 5.41) is 3.05. The molecule has 0 aliphatic carbocycles. The summed E-state index contributed by atoms with van der Waals surface area (Å²) in [7, 11) is -2.31. The number of carbonyl (C=O) groups excluding carboxylic acids is 1. The summed E-state index contributed by atoms with van der Waals surface area (Å²) >= 11 is 12.0. The Bertz CT molecular complexity index is 867. The van der Waals surface area contributed by atoms with Gasteiger partial charge in [-0.1, -0.05) is 41.4 Å². The summed E-state index contributed by atoms with van der Waals surface area (Å²) in [5.74, 6) is -0.261. The largest absolute Gasteiger partial charge is 0.495 e. The highest BCUT2D eigenvalue weighted by Crippen LogP contribution is 2.31. The minimum absolute atomic E-state index is 0.226. The fraction of sp³-hybridized carbons (Fsp3) is 0.188. The first kappa shape index (κ1) is 19.4. The number of hydrogen-bond acceptors (Lipinski definition) is 4. The summed E-state index contributed by atoms with van der Waals surface area (Å²) in [4.78, 5) is 12.4. The van der Waals surface area contributed by atoms with E-state index >= 15 is 0 Å². The van der Waals surface area contributed by atoms with Crippen LogP contribution < -0.4 is 14.4 Å². The maximum atomic E-state index is 12.4. The van der Waals surface area contributed by atoms with Crippen molar-refractivity contribution in [2.45, 2.75) is 0 Å². The van der Waals surface area contributed by atoms with Gasteiger partial charge in [-0.3, -0.25) is 9.10 Å². The van der Waals surface area contributed by atoms with Gasteiger partial charge in [0.2, 0.25) is 15.9 Å². The Kier molecular flexibility index (Phi) is 6.16. The summed E-state index contributed by atoms with van der Waals surface area (Å²) in [6.07, 6.45) is 1.01. The number of halogens is 2. The first-order chi connectivity index (χ1) is 11.7. The van der Waals surface area contributed by atoms with Crippen molar-refractivity contribution in [3.8, 4) is 5.75 Å². The van der Waals surface area contributed by atoms with Gasteiger partial charge >= 0.3 is 0 Å². The number of nitrogens with one attached hydrogen (secondary N) is 1. The lowest BCUT2D eigenvalue weighted by Crippen LogP contribution is -2.37. The van der Waals surface area contributed by atoms with Gasteiger partial charge in [-0.05, 0) is 24.3 Å². The van der Waals surface area contributed by atoms with E-state index < -0.39 is 22.5 Å². The van der Waals surface area contributed by atoms with Crippen molar-refractivity contribution in [1.82, 2.24) is 0 Å².